The van der Waals surface area contributed by atoms with Gasteiger partial charge in [0.05, 0.1) is 0 Å². The van der Waals surface area contributed by atoms with Gasteiger partial charge in [-0.25, -0.2) is 4.98 Å². The van der Waals surface area contributed by atoms with Crippen molar-refractivity contribution in [1.29, 1.82) is 0 Å². The maximum atomic E-state index is 5.63. The predicted octanol–water partition coefficient (Wildman–Crippen LogP) is 2.04. The van der Waals surface area contributed by atoms with Gasteiger partial charge in [0.1, 0.15) is 5.15 Å². The third-order valence-corrected chi connectivity index (χ3v) is 1.40. The lowest BCUT2D eigenvalue weighted by Crippen LogP contribution is -1.97. The van der Waals surface area contributed by atoms with Crippen molar-refractivity contribution in [3.05, 3.63) is 29.0 Å². The summed E-state index contributed by atoms with van der Waals surface area (Å²) in [5.74, 6) is 0. The summed E-state index contributed by atoms with van der Waals surface area (Å²) in [5.41, 5.74) is 6.21. The Morgan fingerprint density at radius 3 is 2.45 bits per heavy atom. The second-order valence-corrected chi connectivity index (χ2v) is 2.02. The molecule has 1 aromatic rings. The summed E-state index contributed by atoms with van der Waals surface area (Å²) in [4.78, 5) is 3.84. The van der Waals surface area contributed by atoms with Gasteiger partial charge in [0.15, 0.2) is 0 Å². The lowest BCUT2D eigenvalue weighted by Gasteiger charge is -1.95. The zero-order valence-electron chi connectivity index (χ0n) is 5.66. The van der Waals surface area contributed by atoms with Crippen LogP contribution in [0.2, 0.25) is 5.15 Å². The monoisotopic (exact) mass is 214 g/mol. The summed E-state index contributed by atoms with van der Waals surface area (Å²) in [6.07, 6.45) is 1.64. The van der Waals surface area contributed by atoms with Gasteiger partial charge >= 0.3 is 0 Å². The van der Waals surface area contributed by atoms with E-state index >= 15 is 0 Å². The van der Waals surface area contributed by atoms with Gasteiger partial charge in [-0.2, -0.15) is 0 Å². The second kappa shape index (κ2) is 6.68. The summed E-state index contributed by atoms with van der Waals surface area (Å²) in [6.45, 7) is 0.451. The fourth-order valence-corrected chi connectivity index (χ4v) is 0.768. The Balaban J connectivity index is 0. The Kier molecular flexibility index (Phi) is 8.23. The second-order valence-electron chi connectivity index (χ2n) is 1.66. The average Bonchev–Trinajstić information content (AvgIpc) is 1.89. The van der Waals surface area contributed by atoms with Gasteiger partial charge in [-0.15, -0.1) is 24.8 Å². The minimum Gasteiger partial charge on any atom is -0.326 e. The van der Waals surface area contributed by atoms with Crippen molar-refractivity contribution in [3.63, 3.8) is 0 Å². The molecule has 0 saturated heterocycles. The normalized spacial score (nSPS) is 7.82. The molecular weight excluding hydrogens is 206 g/mol. The first-order chi connectivity index (χ1) is 4.34. The molecule has 0 amide bonds. The molecule has 5 heteroatoms. The molecule has 0 spiro atoms. The quantitative estimate of drug-likeness (QED) is 0.728. The first kappa shape index (κ1) is 13.6. The Labute approximate surface area is 83.0 Å². The van der Waals surface area contributed by atoms with Crippen LogP contribution in [-0.2, 0) is 6.54 Å². The van der Waals surface area contributed by atoms with Crippen molar-refractivity contribution >= 4 is 36.4 Å². The van der Waals surface area contributed by atoms with E-state index < -0.39 is 0 Å². The van der Waals surface area contributed by atoms with Gasteiger partial charge in [0.2, 0.25) is 0 Å². The lowest BCUT2D eigenvalue weighted by atomic mass is 10.3. The van der Waals surface area contributed by atoms with Crippen LogP contribution in [0.5, 0.6) is 0 Å². The molecule has 0 aliphatic rings. The van der Waals surface area contributed by atoms with Crippen LogP contribution in [0.25, 0.3) is 0 Å². The van der Waals surface area contributed by atoms with E-state index in [4.69, 9.17) is 17.3 Å². The average molecular weight is 216 g/mol. The molecule has 11 heavy (non-hydrogen) atoms. The number of hydrogen-bond donors (Lipinski definition) is 1. The van der Waals surface area contributed by atoms with E-state index in [-0.39, 0.29) is 24.8 Å². The lowest BCUT2D eigenvalue weighted by molar-refractivity contribution is 1.05. The number of halogens is 3. The molecule has 0 aliphatic carbocycles. The van der Waals surface area contributed by atoms with Crippen molar-refractivity contribution in [3.8, 4) is 0 Å². The molecule has 2 N–H and O–H groups in total. The minimum absolute atomic E-state index is 0. The summed E-state index contributed by atoms with van der Waals surface area (Å²) in [5, 5.41) is 0.500. The number of nitrogens with two attached hydrogens (primary N) is 1. The maximum absolute atomic E-state index is 5.63. The van der Waals surface area contributed by atoms with E-state index in [2.05, 4.69) is 4.98 Å². The van der Waals surface area contributed by atoms with Crippen LogP contribution in [0, 0.1) is 0 Å². The Hall–Kier alpha value is -0.0200. The fraction of sp³-hybridized carbons (Fsp3) is 0.167. The molecule has 0 fully saturated rings. The van der Waals surface area contributed by atoms with Crippen LogP contribution >= 0.6 is 36.4 Å². The summed E-state index contributed by atoms with van der Waals surface area (Å²) in [6, 6.07) is 3.67. The van der Waals surface area contributed by atoms with Gasteiger partial charge in [-0.3, -0.25) is 0 Å². The topological polar surface area (TPSA) is 38.9 Å². The highest BCUT2D eigenvalue weighted by Crippen LogP contribution is 2.09. The van der Waals surface area contributed by atoms with Crippen molar-refractivity contribution in [1.82, 2.24) is 4.98 Å². The molecular formula is C6H9Cl3N2. The van der Waals surface area contributed by atoms with E-state index in [0.717, 1.165) is 5.56 Å². The van der Waals surface area contributed by atoms with E-state index in [1.165, 1.54) is 0 Å². The molecule has 1 aromatic heterocycles. The zero-order valence-corrected chi connectivity index (χ0v) is 8.05. The molecule has 1 heterocycles. The molecule has 0 atom stereocenters. The van der Waals surface area contributed by atoms with E-state index in [0.29, 0.717) is 11.7 Å². The Morgan fingerprint density at radius 1 is 1.45 bits per heavy atom. The zero-order chi connectivity index (χ0) is 6.69. The molecule has 0 unspecified atom stereocenters. The van der Waals surface area contributed by atoms with E-state index in [1.807, 2.05) is 12.1 Å². The van der Waals surface area contributed by atoms with Crippen molar-refractivity contribution in [2.24, 2.45) is 5.73 Å². The third-order valence-electron chi connectivity index (χ3n) is 1.06. The summed E-state index contributed by atoms with van der Waals surface area (Å²) < 4.78 is 0. The van der Waals surface area contributed by atoms with Crippen LogP contribution in [0.15, 0.2) is 18.3 Å². The Morgan fingerprint density at radius 2 is 2.09 bits per heavy atom. The maximum Gasteiger partial charge on any atom is 0.133 e. The predicted molar refractivity (Wildman–Crippen MR) is 51.6 cm³/mol. The van der Waals surface area contributed by atoms with Crippen LogP contribution in [0.1, 0.15) is 5.56 Å². The smallest absolute Gasteiger partial charge is 0.133 e. The summed E-state index contributed by atoms with van der Waals surface area (Å²) >= 11 is 5.63. The van der Waals surface area contributed by atoms with Crippen molar-refractivity contribution in [2.45, 2.75) is 6.54 Å². The van der Waals surface area contributed by atoms with Crippen LogP contribution in [-0.4, -0.2) is 4.98 Å². The molecule has 2 nitrogen and oxygen atoms in total. The third kappa shape index (κ3) is 3.77. The van der Waals surface area contributed by atoms with Gasteiger partial charge in [0.25, 0.3) is 0 Å². The molecule has 1 rings (SSSR count). The molecule has 0 aromatic carbocycles. The van der Waals surface area contributed by atoms with Crippen molar-refractivity contribution < 1.29 is 0 Å². The number of nitrogens with zero attached hydrogens (tertiary/aromatic N) is 1. The number of aromatic nitrogens is 1. The fourth-order valence-electron chi connectivity index (χ4n) is 0.572. The first-order valence-electron chi connectivity index (χ1n) is 2.64. The highest BCUT2D eigenvalue weighted by atomic mass is 35.5. The molecule has 64 valence electrons. The van der Waals surface area contributed by atoms with Gasteiger partial charge in [-0.1, -0.05) is 17.7 Å². The SMILES string of the molecule is Cl.Cl.NCc1cccnc1Cl. The molecule has 0 radical (unpaired) electrons. The van der Waals surface area contributed by atoms with Crippen molar-refractivity contribution in [2.75, 3.05) is 0 Å². The number of pyridine rings is 1. The van der Waals surface area contributed by atoms with Gasteiger partial charge in [0, 0.05) is 18.3 Å². The van der Waals surface area contributed by atoms with Crippen LogP contribution < -0.4 is 5.73 Å². The largest absolute Gasteiger partial charge is 0.326 e. The van der Waals surface area contributed by atoms with E-state index in [1.54, 1.807) is 6.20 Å². The van der Waals surface area contributed by atoms with Crippen LogP contribution in [0.4, 0.5) is 0 Å². The van der Waals surface area contributed by atoms with Gasteiger partial charge in [-0.05, 0) is 6.07 Å². The number of hydrogen-bond acceptors (Lipinski definition) is 2. The van der Waals surface area contributed by atoms with Gasteiger partial charge < -0.3 is 5.73 Å². The first-order valence-corrected chi connectivity index (χ1v) is 3.02. The molecule has 0 bridgehead atoms. The summed E-state index contributed by atoms with van der Waals surface area (Å²) in [7, 11) is 0. The standard InChI is InChI=1S/C6H7ClN2.2ClH/c7-6-5(4-8)2-1-3-9-6;;/h1-3H,4,8H2;2*1H. The number of rotatable bonds is 1. The Bertz CT molecular complexity index is 205. The van der Waals surface area contributed by atoms with Crippen LogP contribution in [0.3, 0.4) is 0 Å². The highest BCUT2D eigenvalue weighted by molar-refractivity contribution is 6.30. The minimum atomic E-state index is 0. The molecule has 0 saturated carbocycles. The molecule has 0 aliphatic heterocycles. The van der Waals surface area contributed by atoms with E-state index in [9.17, 15) is 0 Å². The highest BCUT2D eigenvalue weighted by Gasteiger charge is 1.93.